The molecule has 1 N–H and O–H groups in total. The van der Waals surface area contributed by atoms with E-state index >= 15 is 0 Å². The summed E-state index contributed by atoms with van der Waals surface area (Å²) in [5.74, 6) is 0.439. The molecule has 10 heteroatoms. The number of rotatable bonds is 6. The lowest BCUT2D eigenvalue weighted by Crippen LogP contribution is -2.24. The van der Waals surface area contributed by atoms with Crippen LogP contribution in [0.3, 0.4) is 0 Å². The molecule has 0 saturated carbocycles. The van der Waals surface area contributed by atoms with Crippen LogP contribution in [0, 0.1) is 24.0 Å². The summed E-state index contributed by atoms with van der Waals surface area (Å²) >= 11 is 0. The number of aromatic nitrogens is 2. The Morgan fingerprint density at radius 3 is 2.59 bits per heavy atom. The molecule has 140 valence electrons. The minimum absolute atomic E-state index is 0.0833. The van der Waals surface area contributed by atoms with Gasteiger partial charge in [-0.1, -0.05) is 35.5 Å². The molecule has 0 spiro atoms. The second kappa shape index (κ2) is 7.25. The maximum absolute atomic E-state index is 12.5. The van der Waals surface area contributed by atoms with Crippen molar-refractivity contribution < 1.29 is 17.9 Å². The summed E-state index contributed by atoms with van der Waals surface area (Å²) in [4.78, 5) is 14.3. The highest BCUT2D eigenvalue weighted by atomic mass is 32.2. The minimum atomic E-state index is -3.99. The normalized spacial score (nSPS) is 11.5. The quantitative estimate of drug-likeness (QED) is 0.508. The van der Waals surface area contributed by atoms with E-state index in [1.807, 2.05) is 31.2 Å². The van der Waals surface area contributed by atoms with Crippen molar-refractivity contribution >= 4 is 15.7 Å². The molecule has 9 nitrogen and oxygen atoms in total. The Balaban J connectivity index is 1.80. The van der Waals surface area contributed by atoms with Gasteiger partial charge in [0.05, 0.1) is 16.4 Å². The molecule has 0 amide bonds. The van der Waals surface area contributed by atoms with Crippen LogP contribution in [0.4, 0.5) is 5.69 Å². The summed E-state index contributed by atoms with van der Waals surface area (Å²) in [6.45, 7) is 3.23. The van der Waals surface area contributed by atoms with Crippen molar-refractivity contribution in [3.63, 3.8) is 0 Å². The molecular formula is C17H16N4O5S. The zero-order valence-corrected chi connectivity index (χ0v) is 15.4. The van der Waals surface area contributed by atoms with E-state index in [0.29, 0.717) is 11.4 Å². The molecular weight excluding hydrogens is 372 g/mol. The van der Waals surface area contributed by atoms with E-state index < -0.39 is 14.9 Å². The number of nitro groups is 1. The number of nitrogens with one attached hydrogen (secondary N) is 1. The first-order valence-corrected chi connectivity index (χ1v) is 9.39. The number of sulfonamides is 1. The van der Waals surface area contributed by atoms with Crippen LogP contribution in [-0.4, -0.2) is 23.5 Å². The first-order chi connectivity index (χ1) is 12.8. The lowest BCUT2D eigenvalue weighted by atomic mass is 10.1. The standard InChI is InChI=1S/C17H16N4O5S/c1-11-5-3-4-6-14(11)17-19-16(26-20-17)10-18-27(24,25)15-9-13(21(22)23)8-7-12(15)2/h3-9,18H,10H2,1-2H3. The van der Waals surface area contributed by atoms with E-state index in [1.54, 1.807) is 6.92 Å². The second-order valence-electron chi connectivity index (χ2n) is 5.86. The average molecular weight is 388 g/mol. The van der Waals surface area contributed by atoms with Gasteiger partial charge in [0, 0.05) is 17.7 Å². The Morgan fingerprint density at radius 2 is 1.89 bits per heavy atom. The SMILES string of the molecule is Cc1ccccc1-c1noc(CNS(=O)(=O)c2cc([N+](=O)[O-])ccc2C)n1. The fourth-order valence-corrected chi connectivity index (χ4v) is 3.72. The predicted molar refractivity (Wildman–Crippen MR) is 96.3 cm³/mol. The number of non-ortho nitro benzene ring substituents is 1. The van der Waals surface area contributed by atoms with Crippen molar-refractivity contribution in [2.45, 2.75) is 25.3 Å². The highest BCUT2D eigenvalue weighted by Crippen LogP contribution is 2.22. The first-order valence-electron chi connectivity index (χ1n) is 7.91. The van der Waals surface area contributed by atoms with Gasteiger partial charge in [-0.2, -0.15) is 4.98 Å². The Labute approximate surface area is 155 Å². The zero-order valence-electron chi connectivity index (χ0n) is 14.5. The molecule has 0 aliphatic rings. The summed E-state index contributed by atoms with van der Waals surface area (Å²) in [7, 11) is -3.99. The second-order valence-corrected chi connectivity index (χ2v) is 7.59. The van der Waals surface area contributed by atoms with E-state index in [0.717, 1.165) is 17.2 Å². The molecule has 0 aliphatic heterocycles. The Bertz CT molecular complexity index is 1110. The number of hydrogen-bond acceptors (Lipinski definition) is 7. The van der Waals surface area contributed by atoms with Crippen molar-refractivity contribution in [3.8, 4) is 11.4 Å². The molecule has 1 aromatic heterocycles. The summed E-state index contributed by atoms with van der Waals surface area (Å²) < 4.78 is 32.4. The monoisotopic (exact) mass is 388 g/mol. The number of hydrogen-bond donors (Lipinski definition) is 1. The number of nitrogens with zero attached hydrogens (tertiary/aromatic N) is 3. The third-order valence-corrected chi connectivity index (χ3v) is 5.48. The van der Waals surface area contributed by atoms with Crippen LogP contribution >= 0.6 is 0 Å². The van der Waals surface area contributed by atoms with Crippen LogP contribution in [0.25, 0.3) is 11.4 Å². The van der Waals surface area contributed by atoms with Crippen LogP contribution < -0.4 is 4.72 Å². The lowest BCUT2D eigenvalue weighted by Gasteiger charge is -2.07. The van der Waals surface area contributed by atoms with E-state index in [4.69, 9.17) is 4.52 Å². The van der Waals surface area contributed by atoms with Gasteiger partial charge >= 0.3 is 0 Å². The summed E-state index contributed by atoms with van der Waals surface area (Å²) in [6.07, 6.45) is 0. The number of benzene rings is 2. The van der Waals surface area contributed by atoms with Gasteiger partial charge in [0.25, 0.3) is 5.69 Å². The molecule has 3 rings (SSSR count). The van der Waals surface area contributed by atoms with Crippen LogP contribution in [0.1, 0.15) is 17.0 Å². The zero-order chi connectivity index (χ0) is 19.6. The average Bonchev–Trinajstić information content (AvgIpc) is 3.09. The van der Waals surface area contributed by atoms with Gasteiger partial charge < -0.3 is 4.52 Å². The van der Waals surface area contributed by atoms with Crippen LogP contribution in [0.15, 0.2) is 51.9 Å². The van der Waals surface area contributed by atoms with Gasteiger partial charge in [-0.3, -0.25) is 10.1 Å². The molecule has 1 heterocycles. The predicted octanol–water partition coefficient (Wildman–Crippen LogP) is 2.74. The van der Waals surface area contributed by atoms with Crippen LogP contribution in [0.2, 0.25) is 0 Å². The smallest absolute Gasteiger partial charge is 0.270 e. The molecule has 2 aromatic carbocycles. The van der Waals surface area contributed by atoms with E-state index in [-0.39, 0.29) is 23.0 Å². The highest BCUT2D eigenvalue weighted by molar-refractivity contribution is 7.89. The molecule has 0 aliphatic carbocycles. The number of nitro benzene ring substituents is 1. The van der Waals surface area contributed by atoms with Crippen molar-refractivity contribution in [1.29, 1.82) is 0 Å². The minimum Gasteiger partial charge on any atom is -0.338 e. The third kappa shape index (κ3) is 4.01. The van der Waals surface area contributed by atoms with Crippen molar-refractivity contribution in [2.75, 3.05) is 0 Å². The lowest BCUT2D eigenvalue weighted by molar-refractivity contribution is -0.385. The Morgan fingerprint density at radius 1 is 1.15 bits per heavy atom. The molecule has 0 saturated heterocycles. The Hall–Kier alpha value is -3.11. The third-order valence-electron chi connectivity index (χ3n) is 3.94. The van der Waals surface area contributed by atoms with E-state index in [1.165, 1.54) is 12.1 Å². The summed E-state index contributed by atoms with van der Waals surface area (Å²) in [5, 5.41) is 14.8. The van der Waals surface area contributed by atoms with Gasteiger partial charge in [0.1, 0.15) is 0 Å². The van der Waals surface area contributed by atoms with Crippen LogP contribution in [0.5, 0.6) is 0 Å². The molecule has 0 fully saturated rings. The Kier molecular flexibility index (Phi) is 5.02. The van der Waals surface area contributed by atoms with Crippen molar-refractivity contribution in [2.24, 2.45) is 0 Å². The van der Waals surface area contributed by atoms with Gasteiger partial charge in [-0.15, -0.1) is 0 Å². The summed E-state index contributed by atoms with van der Waals surface area (Å²) in [5.41, 5.74) is 1.82. The van der Waals surface area contributed by atoms with Crippen molar-refractivity contribution in [3.05, 3.63) is 69.6 Å². The molecule has 0 radical (unpaired) electrons. The highest BCUT2D eigenvalue weighted by Gasteiger charge is 2.21. The van der Waals surface area contributed by atoms with E-state index in [2.05, 4.69) is 14.9 Å². The fraction of sp³-hybridized carbons (Fsp3) is 0.176. The molecule has 0 bridgehead atoms. The molecule has 3 aromatic rings. The van der Waals surface area contributed by atoms with Gasteiger partial charge in [-0.05, 0) is 25.0 Å². The van der Waals surface area contributed by atoms with Crippen LogP contribution in [-0.2, 0) is 16.6 Å². The van der Waals surface area contributed by atoms with Gasteiger partial charge in [0.2, 0.25) is 21.7 Å². The van der Waals surface area contributed by atoms with E-state index in [9.17, 15) is 18.5 Å². The van der Waals surface area contributed by atoms with Crippen molar-refractivity contribution in [1.82, 2.24) is 14.9 Å². The largest absolute Gasteiger partial charge is 0.338 e. The maximum Gasteiger partial charge on any atom is 0.270 e. The molecule has 0 atom stereocenters. The summed E-state index contributed by atoms with van der Waals surface area (Å²) in [6, 6.07) is 11.1. The fourth-order valence-electron chi connectivity index (χ4n) is 2.49. The first kappa shape index (κ1) is 18.7. The topological polar surface area (TPSA) is 128 Å². The van der Waals surface area contributed by atoms with Gasteiger partial charge in [0.15, 0.2) is 0 Å². The number of aryl methyl sites for hydroxylation is 2. The maximum atomic E-state index is 12.5. The van der Waals surface area contributed by atoms with Gasteiger partial charge in [-0.25, -0.2) is 13.1 Å². The molecule has 27 heavy (non-hydrogen) atoms. The molecule has 0 unspecified atom stereocenters.